The Morgan fingerprint density at radius 1 is 1.35 bits per heavy atom. The number of halogens is 1. The highest BCUT2D eigenvalue weighted by molar-refractivity contribution is 6.30. The molecule has 4 nitrogen and oxygen atoms in total. The molecule has 1 N–H and O–H groups in total. The van der Waals surface area contributed by atoms with Gasteiger partial charge in [0.15, 0.2) is 0 Å². The summed E-state index contributed by atoms with van der Waals surface area (Å²) in [6.07, 6.45) is 3.37. The normalized spacial score (nSPS) is 23.4. The Kier molecular flexibility index (Phi) is 2.61. The van der Waals surface area contributed by atoms with Crippen LogP contribution in [-0.2, 0) is 0 Å². The fourth-order valence-corrected chi connectivity index (χ4v) is 2.18. The molecule has 3 rings (SSSR count). The summed E-state index contributed by atoms with van der Waals surface area (Å²) in [5, 5.41) is 18.4. The molecule has 1 heterocycles. The van der Waals surface area contributed by atoms with E-state index < -0.39 is 0 Å². The first-order valence-electron chi connectivity index (χ1n) is 5.60. The monoisotopic (exact) mass is 249 g/mol. The van der Waals surface area contributed by atoms with Crippen molar-refractivity contribution in [1.82, 2.24) is 15.0 Å². The Morgan fingerprint density at radius 3 is 2.88 bits per heavy atom. The van der Waals surface area contributed by atoms with Crippen molar-refractivity contribution in [2.24, 2.45) is 0 Å². The minimum absolute atomic E-state index is 0.0791. The Labute approximate surface area is 104 Å². The van der Waals surface area contributed by atoms with Gasteiger partial charge in [0, 0.05) is 10.6 Å². The van der Waals surface area contributed by atoms with Gasteiger partial charge in [-0.15, -0.1) is 5.10 Å². The van der Waals surface area contributed by atoms with E-state index in [0.717, 1.165) is 24.1 Å². The van der Waals surface area contributed by atoms with Crippen LogP contribution in [0, 0.1) is 0 Å². The number of aliphatic hydroxyl groups is 1. The van der Waals surface area contributed by atoms with Crippen molar-refractivity contribution in [2.75, 3.05) is 0 Å². The van der Waals surface area contributed by atoms with Crippen molar-refractivity contribution in [3.8, 4) is 11.3 Å². The van der Waals surface area contributed by atoms with Gasteiger partial charge in [0.2, 0.25) is 0 Å². The van der Waals surface area contributed by atoms with Crippen LogP contribution in [0.1, 0.15) is 18.9 Å². The van der Waals surface area contributed by atoms with Crippen molar-refractivity contribution < 1.29 is 5.11 Å². The number of benzene rings is 1. The van der Waals surface area contributed by atoms with E-state index in [9.17, 15) is 5.11 Å². The van der Waals surface area contributed by atoms with Crippen LogP contribution >= 0.6 is 11.6 Å². The maximum Gasteiger partial charge on any atom is 0.113 e. The lowest BCUT2D eigenvalue weighted by molar-refractivity contribution is 0.0244. The van der Waals surface area contributed by atoms with Gasteiger partial charge in [0.1, 0.15) is 5.69 Å². The number of hydrogen-bond donors (Lipinski definition) is 1. The Morgan fingerprint density at radius 2 is 2.24 bits per heavy atom. The minimum atomic E-state index is -0.288. The first kappa shape index (κ1) is 10.7. The molecule has 0 saturated heterocycles. The number of nitrogens with zero attached hydrogens (tertiary/aromatic N) is 3. The van der Waals surface area contributed by atoms with Crippen molar-refractivity contribution >= 4 is 11.6 Å². The zero-order valence-electron chi connectivity index (χ0n) is 9.12. The predicted molar refractivity (Wildman–Crippen MR) is 64.7 cm³/mol. The zero-order valence-corrected chi connectivity index (χ0v) is 9.88. The molecule has 1 fully saturated rings. The summed E-state index contributed by atoms with van der Waals surface area (Å²) in [6.45, 7) is 0. The second-order valence-electron chi connectivity index (χ2n) is 4.31. The summed E-state index contributed by atoms with van der Waals surface area (Å²) in [5.74, 6) is 0. The van der Waals surface area contributed by atoms with E-state index in [1.165, 1.54) is 0 Å². The molecule has 1 aliphatic rings. The van der Waals surface area contributed by atoms with E-state index in [1.54, 1.807) is 4.68 Å². The topological polar surface area (TPSA) is 50.9 Å². The highest BCUT2D eigenvalue weighted by atomic mass is 35.5. The molecule has 1 aliphatic carbocycles. The minimum Gasteiger partial charge on any atom is -0.391 e. The lowest BCUT2D eigenvalue weighted by Gasteiger charge is -2.31. The van der Waals surface area contributed by atoms with Crippen LogP contribution in [0.4, 0.5) is 0 Å². The molecule has 0 aliphatic heterocycles. The highest BCUT2D eigenvalue weighted by Crippen LogP contribution is 2.32. The lowest BCUT2D eigenvalue weighted by Crippen LogP contribution is -2.33. The quantitative estimate of drug-likeness (QED) is 0.889. The highest BCUT2D eigenvalue weighted by Gasteiger charge is 2.31. The molecule has 0 spiro atoms. The van der Waals surface area contributed by atoms with Crippen LogP contribution in [0.3, 0.4) is 0 Å². The Hall–Kier alpha value is -1.39. The molecule has 0 amide bonds. The van der Waals surface area contributed by atoms with Gasteiger partial charge in [-0.2, -0.15) is 0 Å². The Balaban J connectivity index is 1.89. The van der Waals surface area contributed by atoms with Crippen LogP contribution in [0.2, 0.25) is 5.02 Å². The summed E-state index contributed by atoms with van der Waals surface area (Å²) in [7, 11) is 0. The molecule has 88 valence electrons. The smallest absolute Gasteiger partial charge is 0.113 e. The van der Waals surface area contributed by atoms with E-state index in [1.807, 2.05) is 30.5 Å². The SMILES string of the molecule is O[C@@H]1CC[C@H]1n1cc(-c2cccc(Cl)c2)nn1. The summed E-state index contributed by atoms with van der Waals surface area (Å²) < 4.78 is 1.74. The molecular formula is C12H12ClN3O. The van der Waals surface area contributed by atoms with Crippen LogP contribution in [0.15, 0.2) is 30.5 Å². The van der Waals surface area contributed by atoms with Crippen molar-refractivity contribution in [3.05, 3.63) is 35.5 Å². The third-order valence-corrected chi connectivity index (χ3v) is 3.41. The van der Waals surface area contributed by atoms with Crippen molar-refractivity contribution in [2.45, 2.75) is 25.0 Å². The molecule has 17 heavy (non-hydrogen) atoms. The first-order chi connectivity index (χ1) is 8.24. The van der Waals surface area contributed by atoms with E-state index in [2.05, 4.69) is 10.3 Å². The third kappa shape index (κ3) is 1.94. The maximum absolute atomic E-state index is 9.58. The van der Waals surface area contributed by atoms with Crippen molar-refractivity contribution in [3.63, 3.8) is 0 Å². The van der Waals surface area contributed by atoms with E-state index in [-0.39, 0.29) is 12.1 Å². The van der Waals surface area contributed by atoms with Gasteiger partial charge in [-0.1, -0.05) is 28.9 Å². The van der Waals surface area contributed by atoms with Gasteiger partial charge < -0.3 is 5.11 Å². The van der Waals surface area contributed by atoms with E-state index in [0.29, 0.717) is 5.02 Å². The molecule has 5 heteroatoms. The van der Waals surface area contributed by atoms with Gasteiger partial charge in [-0.25, -0.2) is 4.68 Å². The first-order valence-corrected chi connectivity index (χ1v) is 5.98. The summed E-state index contributed by atoms with van der Waals surface area (Å²) in [4.78, 5) is 0. The summed E-state index contributed by atoms with van der Waals surface area (Å²) in [6, 6.07) is 7.58. The molecule has 1 aromatic heterocycles. The van der Waals surface area contributed by atoms with Gasteiger partial charge in [0.25, 0.3) is 0 Å². The number of rotatable bonds is 2. The van der Waals surface area contributed by atoms with Gasteiger partial charge >= 0.3 is 0 Å². The largest absolute Gasteiger partial charge is 0.391 e. The van der Waals surface area contributed by atoms with E-state index in [4.69, 9.17) is 11.6 Å². The number of aliphatic hydroxyl groups excluding tert-OH is 1. The number of hydrogen-bond acceptors (Lipinski definition) is 3. The zero-order chi connectivity index (χ0) is 11.8. The Bertz CT molecular complexity index is 540. The van der Waals surface area contributed by atoms with Crippen LogP contribution < -0.4 is 0 Å². The molecule has 2 aromatic rings. The molecular weight excluding hydrogens is 238 g/mol. The predicted octanol–water partition coefficient (Wildman–Crippen LogP) is 2.29. The summed E-state index contributed by atoms with van der Waals surface area (Å²) >= 11 is 5.93. The second kappa shape index (κ2) is 4.13. The molecule has 2 atom stereocenters. The molecule has 0 radical (unpaired) electrons. The lowest BCUT2D eigenvalue weighted by atomic mass is 9.89. The molecule has 0 bridgehead atoms. The molecule has 0 unspecified atom stereocenters. The van der Waals surface area contributed by atoms with Crippen LogP contribution in [0.25, 0.3) is 11.3 Å². The third-order valence-electron chi connectivity index (χ3n) is 3.17. The molecule has 1 saturated carbocycles. The van der Waals surface area contributed by atoms with E-state index >= 15 is 0 Å². The fourth-order valence-electron chi connectivity index (χ4n) is 1.99. The van der Waals surface area contributed by atoms with Gasteiger partial charge in [-0.3, -0.25) is 0 Å². The standard InChI is InChI=1S/C12H12ClN3O/c13-9-3-1-2-8(6-9)10-7-16(15-14-10)11-4-5-12(11)17/h1-3,6-7,11-12,17H,4-5H2/t11-,12-/m1/s1. The average molecular weight is 250 g/mol. The van der Waals surface area contributed by atoms with Gasteiger partial charge in [-0.05, 0) is 25.0 Å². The second-order valence-corrected chi connectivity index (χ2v) is 4.74. The van der Waals surface area contributed by atoms with Crippen LogP contribution in [-0.4, -0.2) is 26.2 Å². The average Bonchev–Trinajstić information content (AvgIpc) is 2.76. The van der Waals surface area contributed by atoms with Crippen LogP contribution in [0.5, 0.6) is 0 Å². The van der Waals surface area contributed by atoms with Gasteiger partial charge in [0.05, 0.1) is 18.3 Å². The number of aromatic nitrogens is 3. The fraction of sp³-hybridized carbons (Fsp3) is 0.333. The molecule has 1 aromatic carbocycles. The van der Waals surface area contributed by atoms with Crippen molar-refractivity contribution in [1.29, 1.82) is 0 Å². The maximum atomic E-state index is 9.58. The summed E-state index contributed by atoms with van der Waals surface area (Å²) in [5.41, 5.74) is 1.73.